The monoisotopic (exact) mass is 322 g/mol. The summed E-state index contributed by atoms with van der Waals surface area (Å²) in [7, 11) is 3.53. The minimum Gasteiger partial charge on any atom is -0.0622 e. The van der Waals surface area contributed by atoms with E-state index in [1.807, 2.05) is 0 Å². The molecule has 4 rings (SSSR count). The Balaban J connectivity index is 1.86. The van der Waals surface area contributed by atoms with Crippen molar-refractivity contribution in [2.75, 3.05) is 0 Å². The Morgan fingerprint density at radius 2 is 1.29 bits per heavy atom. The molecule has 0 radical (unpaired) electrons. The van der Waals surface area contributed by atoms with Gasteiger partial charge in [-0.05, 0) is 55.3 Å². The highest BCUT2D eigenvalue weighted by molar-refractivity contribution is 7.95. The zero-order valence-electron chi connectivity index (χ0n) is 11.3. The maximum Gasteiger partial charge on any atom is 0.0143 e. The summed E-state index contributed by atoms with van der Waals surface area (Å²) in [5.74, 6) is 0. The SMILES string of the molecule is c1ccc(Pc2ccc3ppc4ccccc4c3c2)cc1. The highest BCUT2D eigenvalue weighted by Crippen LogP contribution is 2.39. The molecular formula is C18H13P3. The summed E-state index contributed by atoms with van der Waals surface area (Å²) in [6.07, 6.45) is 0. The summed E-state index contributed by atoms with van der Waals surface area (Å²) in [4.78, 5) is 0. The van der Waals surface area contributed by atoms with Crippen LogP contribution in [0.15, 0.2) is 72.8 Å². The number of fused-ring (bicyclic) bond motifs is 3. The van der Waals surface area contributed by atoms with Gasteiger partial charge < -0.3 is 0 Å². The van der Waals surface area contributed by atoms with E-state index in [2.05, 4.69) is 72.8 Å². The molecule has 1 unspecified atom stereocenters. The first-order chi connectivity index (χ1) is 10.4. The summed E-state index contributed by atoms with van der Waals surface area (Å²) in [5, 5.41) is 8.56. The van der Waals surface area contributed by atoms with Crippen molar-refractivity contribution in [3.05, 3.63) is 72.8 Å². The van der Waals surface area contributed by atoms with Crippen LogP contribution in [0.4, 0.5) is 0 Å². The lowest BCUT2D eigenvalue weighted by Crippen LogP contribution is -2.02. The first kappa shape index (κ1) is 13.4. The molecule has 0 fully saturated rings. The van der Waals surface area contributed by atoms with Crippen LogP contribution in [0.2, 0.25) is 0 Å². The van der Waals surface area contributed by atoms with Gasteiger partial charge in [0.25, 0.3) is 0 Å². The average Bonchev–Trinajstić information content (AvgIpc) is 2.56. The van der Waals surface area contributed by atoms with Gasteiger partial charge in [-0.2, -0.15) is 0 Å². The van der Waals surface area contributed by atoms with Crippen molar-refractivity contribution in [3.8, 4) is 0 Å². The van der Waals surface area contributed by atoms with Crippen LogP contribution in [0.25, 0.3) is 21.0 Å². The molecule has 0 N–H and O–H groups in total. The zero-order valence-corrected chi connectivity index (χ0v) is 14.1. The second-order valence-corrected chi connectivity index (χ2v) is 8.91. The van der Waals surface area contributed by atoms with Crippen molar-refractivity contribution in [2.45, 2.75) is 0 Å². The van der Waals surface area contributed by atoms with Gasteiger partial charge in [-0.1, -0.05) is 63.2 Å². The van der Waals surface area contributed by atoms with Crippen LogP contribution in [0.1, 0.15) is 0 Å². The zero-order chi connectivity index (χ0) is 14.1. The predicted octanol–water partition coefficient (Wildman–Crippen LogP) is 5.78. The Morgan fingerprint density at radius 1 is 0.571 bits per heavy atom. The van der Waals surface area contributed by atoms with E-state index < -0.39 is 0 Å². The van der Waals surface area contributed by atoms with Crippen LogP contribution >= 0.6 is 24.3 Å². The van der Waals surface area contributed by atoms with Crippen molar-refractivity contribution in [1.82, 2.24) is 0 Å². The molecule has 3 heteroatoms. The lowest BCUT2D eigenvalue weighted by molar-refractivity contribution is 1.78. The standard InChI is InChI=1S/C18H13P3/c1-2-6-13(7-3-1)19-14-10-11-18-16(12-14)15-8-4-5-9-17(15)20-21-18/h1-12,19H. The molecule has 3 aromatic carbocycles. The van der Waals surface area contributed by atoms with Gasteiger partial charge in [0.05, 0.1) is 0 Å². The summed E-state index contributed by atoms with van der Waals surface area (Å²) in [6, 6.07) is 26.5. The van der Waals surface area contributed by atoms with E-state index in [0.717, 1.165) is 8.58 Å². The Kier molecular flexibility index (Phi) is 3.71. The lowest BCUT2D eigenvalue weighted by Gasteiger charge is -2.06. The maximum atomic E-state index is 2.39. The predicted molar refractivity (Wildman–Crippen MR) is 101 cm³/mol. The van der Waals surface area contributed by atoms with Crippen LogP contribution in [-0.2, 0) is 0 Å². The van der Waals surface area contributed by atoms with Crippen molar-refractivity contribution in [3.63, 3.8) is 0 Å². The normalized spacial score (nSPS) is 12.4. The number of rotatable bonds is 2. The largest absolute Gasteiger partial charge is 0.0622 e. The van der Waals surface area contributed by atoms with Gasteiger partial charge in [-0.3, -0.25) is 0 Å². The molecule has 0 aliphatic rings. The quantitative estimate of drug-likeness (QED) is 0.324. The van der Waals surface area contributed by atoms with Gasteiger partial charge in [0.2, 0.25) is 0 Å². The van der Waals surface area contributed by atoms with Gasteiger partial charge in [0, 0.05) is 10.2 Å². The van der Waals surface area contributed by atoms with E-state index in [4.69, 9.17) is 0 Å². The number of hydrogen-bond donors (Lipinski definition) is 0. The van der Waals surface area contributed by atoms with Gasteiger partial charge in [-0.15, -0.1) is 0 Å². The van der Waals surface area contributed by atoms with Gasteiger partial charge in [-0.25, -0.2) is 0 Å². The molecule has 0 amide bonds. The highest BCUT2D eigenvalue weighted by Gasteiger charge is 2.03. The molecule has 1 aromatic heterocycles. The highest BCUT2D eigenvalue weighted by atomic mass is 31.8. The summed E-state index contributed by atoms with van der Waals surface area (Å²) in [5.41, 5.74) is 0. The number of hydrogen-bond acceptors (Lipinski definition) is 0. The average molecular weight is 322 g/mol. The van der Waals surface area contributed by atoms with Crippen LogP contribution in [-0.4, -0.2) is 0 Å². The summed E-state index contributed by atoms with van der Waals surface area (Å²) < 4.78 is 0. The fourth-order valence-corrected chi connectivity index (χ4v) is 6.37. The molecule has 0 saturated carbocycles. The smallest absolute Gasteiger partial charge is 0.0143 e. The third-order valence-corrected chi connectivity index (χ3v) is 7.64. The first-order valence-corrected chi connectivity index (χ1v) is 10.4. The molecule has 0 nitrogen and oxygen atoms in total. The van der Waals surface area contributed by atoms with Crippen molar-refractivity contribution in [1.29, 1.82) is 0 Å². The molecule has 0 spiro atoms. The second-order valence-electron chi connectivity index (χ2n) is 4.94. The molecule has 0 aliphatic carbocycles. The van der Waals surface area contributed by atoms with E-state index in [0.29, 0.717) is 0 Å². The van der Waals surface area contributed by atoms with Crippen molar-refractivity contribution in [2.24, 2.45) is 0 Å². The van der Waals surface area contributed by atoms with Gasteiger partial charge in [0.1, 0.15) is 0 Å². The topological polar surface area (TPSA) is 0 Å². The molecule has 4 aromatic rings. The molecule has 21 heavy (non-hydrogen) atoms. The number of benzene rings is 3. The van der Waals surface area contributed by atoms with Crippen LogP contribution in [0.5, 0.6) is 0 Å². The molecule has 100 valence electrons. The van der Waals surface area contributed by atoms with Crippen LogP contribution < -0.4 is 10.6 Å². The van der Waals surface area contributed by atoms with Gasteiger partial charge in [0.15, 0.2) is 0 Å². The third kappa shape index (κ3) is 2.73. The summed E-state index contributed by atoms with van der Waals surface area (Å²) >= 11 is 0. The summed E-state index contributed by atoms with van der Waals surface area (Å²) in [6.45, 7) is 0. The van der Waals surface area contributed by atoms with E-state index in [1.165, 1.54) is 47.4 Å². The minimum absolute atomic E-state index is 0.730. The van der Waals surface area contributed by atoms with Crippen molar-refractivity contribution < 1.29 is 0 Å². The van der Waals surface area contributed by atoms with Crippen LogP contribution in [0, 0.1) is 0 Å². The maximum absolute atomic E-state index is 2.39. The Labute approximate surface area is 129 Å². The molecule has 0 saturated heterocycles. The van der Waals surface area contributed by atoms with Crippen LogP contribution in [0.3, 0.4) is 0 Å². The molecule has 1 heterocycles. The Bertz CT molecular complexity index is 917. The fourth-order valence-electron chi connectivity index (χ4n) is 2.50. The third-order valence-electron chi connectivity index (χ3n) is 3.52. The Morgan fingerprint density at radius 3 is 2.14 bits per heavy atom. The molecule has 1 atom stereocenters. The second kappa shape index (κ2) is 5.82. The van der Waals surface area contributed by atoms with Gasteiger partial charge >= 0.3 is 0 Å². The molecule has 0 aliphatic heterocycles. The van der Waals surface area contributed by atoms with E-state index in [9.17, 15) is 0 Å². The van der Waals surface area contributed by atoms with Crippen molar-refractivity contribution >= 4 is 55.9 Å². The molecule has 0 bridgehead atoms. The van der Waals surface area contributed by atoms with E-state index in [1.54, 1.807) is 0 Å². The molecular weight excluding hydrogens is 309 g/mol. The minimum atomic E-state index is 0.730. The van der Waals surface area contributed by atoms with E-state index in [-0.39, 0.29) is 0 Å². The van der Waals surface area contributed by atoms with E-state index >= 15 is 0 Å². The lowest BCUT2D eigenvalue weighted by atomic mass is 10.1. The Hall–Kier alpha value is -1.31. The first-order valence-electron chi connectivity index (χ1n) is 6.87. The fraction of sp³-hybridized carbons (Fsp3) is 0.